The van der Waals surface area contributed by atoms with E-state index >= 15 is 0 Å². The first-order chi connectivity index (χ1) is 8.38. The van der Waals surface area contributed by atoms with E-state index in [0.29, 0.717) is 18.9 Å². The van der Waals surface area contributed by atoms with Gasteiger partial charge in [-0.25, -0.2) is 4.98 Å². The van der Waals surface area contributed by atoms with Gasteiger partial charge in [-0.1, -0.05) is 36.4 Å². The number of benzene rings is 1. The van der Waals surface area contributed by atoms with E-state index in [2.05, 4.69) is 4.98 Å². The fourth-order valence-corrected chi connectivity index (χ4v) is 1.50. The highest BCUT2D eigenvalue weighted by molar-refractivity contribution is 5.19. The number of aliphatic hydroxyl groups is 1. The minimum absolute atomic E-state index is 0.145. The Balaban J connectivity index is 1.91. The number of pyridine rings is 1. The number of aromatic nitrogens is 1. The summed E-state index contributed by atoms with van der Waals surface area (Å²) >= 11 is 0. The van der Waals surface area contributed by atoms with Gasteiger partial charge >= 0.3 is 0 Å². The topological polar surface area (TPSA) is 42.4 Å². The largest absolute Gasteiger partial charge is 0.473 e. The molecule has 0 aliphatic heterocycles. The molecule has 0 radical (unpaired) electrons. The summed E-state index contributed by atoms with van der Waals surface area (Å²) in [7, 11) is 0. The van der Waals surface area contributed by atoms with Crippen molar-refractivity contribution in [1.29, 1.82) is 0 Å². The molecule has 3 nitrogen and oxygen atoms in total. The fraction of sp³-hybridized carbons (Fsp3) is 0.214. The lowest BCUT2D eigenvalue weighted by Crippen LogP contribution is -1.98. The van der Waals surface area contributed by atoms with Gasteiger partial charge in [-0.2, -0.15) is 0 Å². The first-order valence-electron chi connectivity index (χ1n) is 5.61. The van der Waals surface area contributed by atoms with E-state index in [1.54, 1.807) is 6.20 Å². The predicted molar refractivity (Wildman–Crippen MR) is 65.8 cm³/mol. The molecular formula is C14H15NO2. The summed E-state index contributed by atoms with van der Waals surface area (Å²) in [6.07, 6.45) is 2.36. The van der Waals surface area contributed by atoms with E-state index in [1.807, 2.05) is 42.5 Å². The van der Waals surface area contributed by atoms with Crippen LogP contribution in [0.2, 0.25) is 0 Å². The van der Waals surface area contributed by atoms with Crippen LogP contribution < -0.4 is 4.74 Å². The summed E-state index contributed by atoms with van der Waals surface area (Å²) < 4.78 is 5.55. The van der Waals surface area contributed by atoms with Gasteiger partial charge in [-0.3, -0.25) is 0 Å². The Morgan fingerprint density at radius 2 is 1.82 bits per heavy atom. The van der Waals surface area contributed by atoms with Crippen molar-refractivity contribution >= 4 is 0 Å². The van der Waals surface area contributed by atoms with E-state index in [0.717, 1.165) is 11.1 Å². The minimum Gasteiger partial charge on any atom is -0.473 e. The Hall–Kier alpha value is -1.87. The first kappa shape index (κ1) is 11.6. The quantitative estimate of drug-likeness (QED) is 0.854. The summed E-state index contributed by atoms with van der Waals surface area (Å²) in [6.45, 7) is 0.666. The molecule has 0 saturated carbocycles. The van der Waals surface area contributed by atoms with Gasteiger partial charge < -0.3 is 9.84 Å². The van der Waals surface area contributed by atoms with E-state index in [1.165, 1.54) is 0 Å². The number of aliphatic hydroxyl groups excluding tert-OH is 1. The van der Waals surface area contributed by atoms with E-state index < -0.39 is 0 Å². The van der Waals surface area contributed by atoms with Crippen molar-refractivity contribution in [2.45, 2.75) is 13.0 Å². The lowest BCUT2D eigenvalue weighted by Gasteiger charge is -2.05. The van der Waals surface area contributed by atoms with Crippen molar-refractivity contribution in [3.63, 3.8) is 0 Å². The van der Waals surface area contributed by atoms with Gasteiger partial charge in [0.2, 0.25) is 5.88 Å². The van der Waals surface area contributed by atoms with Crippen LogP contribution in [0.15, 0.2) is 48.7 Å². The number of nitrogens with zero attached hydrogens (tertiary/aromatic N) is 1. The molecule has 0 aliphatic rings. The number of hydrogen-bond donors (Lipinski definition) is 1. The molecule has 0 saturated heterocycles. The maximum Gasteiger partial charge on any atom is 0.213 e. The molecule has 88 valence electrons. The SMILES string of the molecule is OCCc1ccc(OCc2ccccc2)nc1. The van der Waals surface area contributed by atoms with Crippen LogP contribution in [0.25, 0.3) is 0 Å². The molecule has 1 aromatic carbocycles. The summed E-state index contributed by atoms with van der Waals surface area (Å²) in [5.41, 5.74) is 2.13. The third kappa shape index (κ3) is 3.57. The smallest absolute Gasteiger partial charge is 0.213 e. The van der Waals surface area contributed by atoms with Gasteiger partial charge in [0.25, 0.3) is 0 Å². The van der Waals surface area contributed by atoms with Crippen LogP contribution in [0.5, 0.6) is 5.88 Å². The normalized spacial score (nSPS) is 10.2. The zero-order valence-corrected chi connectivity index (χ0v) is 9.54. The Kier molecular flexibility index (Phi) is 4.11. The highest BCUT2D eigenvalue weighted by atomic mass is 16.5. The van der Waals surface area contributed by atoms with Gasteiger partial charge in [0.1, 0.15) is 6.61 Å². The Morgan fingerprint density at radius 1 is 1.00 bits per heavy atom. The average Bonchev–Trinajstić information content (AvgIpc) is 2.40. The van der Waals surface area contributed by atoms with Crippen LogP contribution in [-0.2, 0) is 13.0 Å². The molecule has 1 heterocycles. The Morgan fingerprint density at radius 3 is 2.47 bits per heavy atom. The van der Waals surface area contributed by atoms with E-state index in [9.17, 15) is 0 Å². The minimum atomic E-state index is 0.145. The van der Waals surface area contributed by atoms with Crippen molar-refractivity contribution in [3.05, 3.63) is 59.8 Å². The van der Waals surface area contributed by atoms with Crippen molar-refractivity contribution in [2.24, 2.45) is 0 Å². The maximum atomic E-state index is 8.78. The zero-order chi connectivity index (χ0) is 11.9. The van der Waals surface area contributed by atoms with Crippen LogP contribution in [0.3, 0.4) is 0 Å². The van der Waals surface area contributed by atoms with Crippen molar-refractivity contribution in [3.8, 4) is 5.88 Å². The van der Waals surface area contributed by atoms with Gasteiger partial charge in [0, 0.05) is 18.9 Å². The molecule has 17 heavy (non-hydrogen) atoms. The van der Waals surface area contributed by atoms with Gasteiger partial charge in [-0.05, 0) is 17.5 Å². The molecule has 2 aromatic rings. The third-order valence-corrected chi connectivity index (χ3v) is 2.43. The van der Waals surface area contributed by atoms with Crippen LogP contribution in [-0.4, -0.2) is 16.7 Å². The standard InChI is InChI=1S/C14H15NO2/c16-9-8-12-6-7-14(15-10-12)17-11-13-4-2-1-3-5-13/h1-7,10,16H,8-9,11H2. The molecule has 1 N–H and O–H groups in total. The van der Waals surface area contributed by atoms with Crippen LogP contribution in [0.1, 0.15) is 11.1 Å². The molecule has 0 aliphatic carbocycles. The fourth-order valence-electron chi connectivity index (χ4n) is 1.50. The molecule has 0 amide bonds. The molecule has 1 aromatic heterocycles. The number of ether oxygens (including phenoxy) is 1. The van der Waals surface area contributed by atoms with Crippen LogP contribution in [0, 0.1) is 0 Å². The maximum absolute atomic E-state index is 8.78. The second-order valence-electron chi connectivity index (χ2n) is 3.75. The van der Waals surface area contributed by atoms with Crippen molar-refractivity contribution in [2.75, 3.05) is 6.61 Å². The van der Waals surface area contributed by atoms with E-state index in [-0.39, 0.29) is 6.61 Å². The summed E-state index contributed by atoms with van der Waals surface area (Å²) in [5, 5.41) is 8.78. The van der Waals surface area contributed by atoms with E-state index in [4.69, 9.17) is 9.84 Å². The van der Waals surface area contributed by atoms with Crippen molar-refractivity contribution in [1.82, 2.24) is 4.98 Å². The predicted octanol–water partition coefficient (Wildman–Crippen LogP) is 2.20. The molecule has 0 unspecified atom stereocenters. The molecule has 0 atom stereocenters. The molecule has 0 bridgehead atoms. The highest BCUT2D eigenvalue weighted by Gasteiger charge is 1.97. The number of rotatable bonds is 5. The summed E-state index contributed by atoms with van der Waals surface area (Å²) in [4.78, 5) is 4.18. The summed E-state index contributed by atoms with van der Waals surface area (Å²) in [5.74, 6) is 0.607. The Bertz CT molecular complexity index is 440. The van der Waals surface area contributed by atoms with Crippen molar-refractivity contribution < 1.29 is 9.84 Å². The van der Waals surface area contributed by atoms with Gasteiger partial charge in [0.05, 0.1) is 0 Å². The molecular weight excluding hydrogens is 214 g/mol. The monoisotopic (exact) mass is 229 g/mol. The molecule has 3 heteroatoms. The molecule has 0 fully saturated rings. The van der Waals surface area contributed by atoms with Gasteiger partial charge in [0.15, 0.2) is 0 Å². The molecule has 2 rings (SSSR count). The summed E-state index contributed by atoms with van der Waals surface area (Å²) in [6, 6.07) is 13.7. The second kappa shape index (κ2) is 6.01. The van der Waals surface area contributed by atoms with Gasteiger partial charge in [-0.15, -0.1) is 0 Å². The Labute approximate surface area is 101 Å². The highest BCUT2D eigenvalue weighted by Crippen LogP contribution is 2.10. The lowest BCUT2D eigenvalue weighted by molar-refractivity contribution is 0.291. The van der Waals surface area contributed by atoms with Crippen LogP contribution in [0.4, 0.5) is 0 Å². The number of hydrogen-bond acceptors (Lipinski definition) is 3. The average molecular weight is 229 g/mol. The first-order valence-corrected chi connectivity index (χ1v) is 5.61. The molecule has 0 spiro atoms. The van der Waals surface area contributed by atoms with Crippen LogP contribution >= 0.6 is 0 Å². The lowest BCUT2D eigenvalue weighted by atomic mass is 10.2. The third-order valence-electron chi connectivity index (χ3n) is 2.43. The zero-order valence-electron chi connectivity index (χ0n) is 9.54. The second-order valence-corrected chi connectivity index (χ2v) is 3.75.